The van der Waals surface area contributed by atoms with Gasteiger partial charge in [-0.25, -0.2) is 8.42 Å². The third-order valence-electron chi connectivity index (χ3n) is 5.38. The Morgan fingerprint density at radius 2 is 1.54 bits per heavy atom. The van der Waals surface area contributed by atoms with E-state index in [-0.39, 0.29) is 22.0 Å². The minimum Gasteiger partial charge on any atom is -0.506 e. The number of sulfonamides is 1. The van der Waals surface area contributed by atoms with E-state index in [2.05, 4.69) is 10.0 Å². The maximum Gasteiger partial charge on any atom is 0.262 e. The van der Waals surface area contributed by atoms with Crippen LogP contribution in [0.3, 0.4) is 0 Å². The lowest BCUT2D eigenvalue weighted by atomic mass is 9.99. The molecule has 8 heteroatoms. The molecule has 7 nitrogen and oxygen atoms in total. The lowest BCUT2D eigenvalue weighted by Gasteiger charge is -2.14. The van der Waals surface area contributed by atoms with Crippen LogP contribution in [0.1, 0.15) is 21.5 Å². The van der Waals surface area contributed by atoms with Gasteiger partial charge in [-0.15, -0.1) is 0 Å². The molecular formula is C27H24N2O5S. The number of aromatic hydroxyl groups is 1. The van der Waals surface area contributed by atoms with E-state index in [9.17, 15) is 18.3 Å². The van der Waals surface area contributed by atoms with E-state index in [1.54, 1.807) is 36.4 Å². The van der Waals surface area contributed by atoms with Gasteiger partial charge in [0.1, 0.15) is 11.5 Å². The number of carbonyl (C=O) groups excluding carboxylic acids is 1. The van der Waals surface area contributed by atoms with Gasteiger partial charge in [-0.1, -0.05) is 60.7 Å². The first kappa shape index (κ1) is 23.8. The van der Waals surface area contributed by atoms with Gasteiger partial charge in [-0.05, 0) is 53.9 Å². The second kappa shape index (κ2) is 10.3. The summed E-state index contributed by atoms with van der Waals surface area (Å²) in [5.41, 5.74) is 2.52. The lowest BCUT2D eigenvalue weighted by Crippen LogP contribution is -2.16. The number of hydrogen-bond acceptors (Lipinski definition) is 5. The Morgan fingerprint density at radius 3 is 2.31 bits per heavy atom. The molecule has 0 aliphatic carbocycles. The Kier molecular flexibility index (Phi) is 7.03. The number of hydrogen-bond donors (Lipinski definition) is 3. The fourth-order valence-corrected chi connectivity index (χ4v) is 4.71. The molecule has 0 spiro atoms. The third kappa shape index (κ3) is 5.62. The van der Waals surface area contributed by atoms with Crippen LogP contribution < -0.4 is 14.8 Å². The molecule has 1 amide bonds. The molecule has 0 aromatic heterocycles. The Labute approximate surface area is 204 Å². The monoisotopic (exact) mass is 488 g/mol. The number of methoxy groups -OCH3 is 1. The van der Waals surface area contributed by atoms with Gasteiger partial charge in [0.15, 0.2) is 0 Å². The molecule has 35 heavy (non-hydrogen) atoms. The highest BCUT2D eigenvalue weighted by Gasteiger charge is 2.20. The van der Waals surface area contributed by atoms with Crippen molar-refractivity contribution in [2.45, 2.75) is 11.3 Å². The fourth-order valence-electron chi connectivity index (χ4n) is 3.62. The van der Waals surface area contributed by atoms with Crippen molar-refractivity contribution < 1.29 is 23.1 Å². The van der Waals surface area contributed by atoms with Crippen LogP contribution in [0.25, 0.3) is 0 Å². The van der Waals surface area contributed by atoms with Crippen molar-refractivity contribution in [3.05, 3.63) is 114 Å². The summed E-state index contributed by atoms with van der Waals surface area (Å²) in [7, 11) is -2.59. The number of ether oxygens (including phenoxy) is 1. The van der Waals surface area contributed by atoms with Crippen LogP contribution in [0.5, 0.6) is 11.5 Å². The Morgan fingerprint density at radius 1 is 0.857 bits per heavy atom. The van der Waals surface area contributed by atoms with Gasteiger partial charge >= 0.3 is 0 Å². The molecule has 0 aliphatic heterocycles. The lowest BCUT2D eigenvalue weighted by molar-refractivity contribution is 0.102. The number of anilines is 2. The molecule has 0 unspecified atom stereocenters. The third-order valence-corrected chi connectivity index (χ3v) is 6.74. The summed E-state index contributed by atoms with van der Waals surface area (Å²) in [6.45, 7) is 0. The molecule has 4 aromatic rings. The fraction of sp³-hybridized carbons (Fsp3) is 0.0741. The number of para-hydroxylation sites is 2. The number of rotatable bonds is 8. The normalized spacial score (nSPS) is 11.0. The summed E-state index contributed by atoms with van der Waals surface area (Å²) in [6, 6.07) is 27.2. The van der Waals surface area contributed by atoms with Crippen molar-refractivity contribution >= 4 is 27.3 Å². The average Bonchev–Trinajstić information content (AvgIpc) is 2.86. The zero-order valence-electron chi connectivity index (χ0n) is 18.9. The van der Waals surface area contributed by atoms with Crippen LogP contribution in [-0.4, -0.2) is 26.5 Å². The van der Waals surface area contributed by atoms with Crippen LogP contribution in [0.2, 0.25) is 0 Å². The van der Waals surface area contributed by atoms with Crippen molar-refractivity contribution in [2.75, 3.05) is 17.1 Å². The maximum absolute atomic E-state index is 13.1. The number of benzene rings is 4. The van der Waals surface area contributed by atoms with Gasteiger partial charge in [0.2, 0.25) is 0 Å². The van der Waals surface area contributed by atoms with Crippen molar-refractivity contribution in [1.29, 1.82) is 0 Å². The summed E-state index contributed by atoms with van der Waals surface area (Å²) < 4.78 is 33.6. The van der Waals surface area contributed by atoms with Gasteiger partial charge in [0, 0.05) is 5.56 Å². The number of nitrogens with one attached hydrogen (secondary N) is 2. The van der Waals surface area contributed by atoms with Crippen LogP contribution in [0, 0.1) is 0 Å². The van der Waals surface area contributed by atoms with Crippen molar-refractivity contribution in [2.24, 2.45) is 0 Å². The second-order valence-corrected chi connectivity index (χ2v) is 9.44. The molecule has 0 saturated heterocycles. The zero-order valence-corrected chi connectivity index (χ0v) is 19.7. The van der Waals surface area contributed by atoms with E-state index >= 15 is 0 Å². The Hall–Kier alpha value is -4.30. The first-order valence-electron chi connectivity index (χ1n) is 10.8. The number of phenols is 1. The molecule has 0 radical (unpaired) electrons. The summed E-state index contributed by atoms with van der Waals surface area (Å²) >= 11 is 0. The van der Waals surface area contributed by atoms with E-state index in [1.165, 1.54) is 25.3 Å². The number of phenolic OH excluding ortho intramolecular Hbond substituents is 1. The summed E-state index contributed by atoms with van der Waals surface area (Å²) in [5, 5.41) is 13.0. The first-order valence-corrected chi connectivity index (χ1v) is 12.3. The predicted octanol–water partition coefficient (Wildman–Crippen LogP) is 5.04. The van der Waals surface area contributed by atoms with Gasteiger partial charge in [-0.3, -0.25) is 9.52 Å². The summed E-state index contributed by atoms with van der Waals surface area (Å²) in [5.74, 6) is -0.354. The highest BCUT2D eigenvalue weighted by Crippen LogP contribution is 2.30. The second-order valence-electron chi connectivity index (χ2n) is 7.76. The van der Waals surface area contributed by atoms with Crippen molar-refractivity contribution in [1.82, 2.24) is 0 Å². The quantitative estimate of drug-likeness (QED) is 0.301. The molecule has 0 fully saturated rings. The van der Waals surface area contributed by atoms with Gasteiger partial charge < -0.3 is 15.2 Å². The molecule has 0 bridgehead atoms. The zero-order chi connectivity index (χ0) is 24.8. The molecular weight excluding hydrogens is 464 g/mol. The van der Waals surface area contributed by atoms with Gasteiger partial charge in [-0.2, -0.15) is 0 Å². The molecule has 178 valence electrons. The minimum absolute atomic E-state index is 0.0209. The van der Waals surface area contributed by atoms with E-state index in [0.717, 1.165) is 11.1 Å². The van der Waals surface area contributed by atoms with Gasteiger partial charge in [0.05, 0.1) is 23.4 Å². The molecule has 0 atom stereocenters. The van der Waals surface area contributed by atoms with Crippen LogP contribution in [-0.2, 0) is 16.4 Å². The summed E-state index contributed by atoms with van der Waals surface area (Å²) in [4.78, 5) is 13.0. The molecule has 3 N–H and O–H groups in total. The molecule has 0 heterocycles. The minimum atomic E-state index is -4.03. The summed E-state index contributed by atoms with van der Waals surface area (Å²) in [6.07, 6.45) is 0.549. The molecule has 4 aromatic carbocycles. The van der Waals surface area contributed by atoms with E-state index in [0.29, 0.717) is 17.7 Å². The van der Waals surface area contributed by atoms with Crippen molar-refractivity contribution in [3.8, 4) is 11.5 Å². The predicted molar refractivity (Wildman–Crippen MR) is 136 cm³/mol. The topological polar surface area (TPSA) is 105 Å². The standard InChI is InChI=1S/C27H24N2O5S/c1-34-26-14-8-7-13-23(26)29-35(32,33)21-15-16-25(30)24(18-21)28-27(31)22-12-6-5-11-20(22)17-19-9-3-2-4-10-19/h2-16,18,29-30H,17H2,1H3,(H,28,31). The molecule has 0 saturated carbocycles. The first-order chi connectivity index (χ1) is 16.9. The van der Waals surface area contributed by atoms with E-state index in [4.69, 9.17) is 4.74 Å². The van der Waals surface area contributed by atoms with E-state index in [1.807, 2.05) is 42.5 Å². The van der Waals surface area contributed by atoms with Crippen molar-refractivity contribution in [3.63, 3.8) is 0 Å². The largest absolute Gasteiger partial charge is 0.506 e. The van der Waals surface area contributed by atoms with Gasteiger partial charge in [0.25, 0.3) is 15.9 Å². The molecule has 4 rings (SSSR count). The average molecular weight is 489 g/mol. The highest BCUT2D eigenvalue weighted by atomic mass is 32.2. The number of carbonyl (C=O) groups is 1. The van der Waals surface area contributed by atoms with Crippen LogP contribution in [0.15, 0.2) is 102 Å². The SMILES string of the molecule is COc1ccccc1NS(=O)(=O)c1ccc(O)c(NC(=O)c2ccccc2Cc2ccccc2)c1. The molecule has 0 aliphatic rings. The Bertz CT molecular complexity index is 1450. The van der Waals surface area contributed by atoms with Crippen LogP contribution >= 0.6 is 0 Å². The Balaban J connectivity index is 1.59. The van der Waals surface area contributed by atoms with Crippen LogP contribution in [0.4, 0.5) is 11.4 Å². The maximum atomic E-state index is 13.1. The number of amides is 1. The highest BCUT2D eigenvalue weighted by molar-refractivity contribution is 7.92. The smallest absolute Gasteiger partial charge is 0.262 e. The van der Waals surface area contributed by atoms with E-state index < -0.39 is 15.9 Å².